The van der Waals surface area contributed by atoms with E-state index in [0.717, 1.165) is 16.2 Å². The summed E-state index contributed by atoms with van der Waals surface area (Å²) in [6.07, 6.45) is -4.39. The Morgan fingerprint density at radius 1 is 1.61 bits per heavy atom. The second kappa shape index (κ2) is 6.01. The summed E-state index contributed by atoms with van der Waals surface area (Å²) in [5.74, 6) is -1.27. The van der Waals surface area contributed by atoms with Crippen molar-refractivity contribution in [2.75, 3.05) is 31.7 Å². The van der Waals surface area contributed by atoms with E-state index in [4.69, 9.17) is 9.84 Å². The van der Waals surface area contributed by atoms with Gasteiger partial charge in [0.2, 0.25) is 0 Å². The van der Waals surface area contributed by atoms with Gasteiger partial charge >= 0.3 is 12.1 Å². The summed E-state index contributed by atoms with van der Waals surface area (Å²) < 4.78 is 41.8. The molecule has 0 saturated heterocycles. The van der Waals surface area contributed by atoms with E-state index in [1.165, 1.54) is 12.5 Å². The molecule has 0 aromatic carbocycles. The van der Waals surface area contributed by atoms with Crippen LogP contribution < -0.4 is 4.90 Å². The van der Waals surface area contributed by atoms with Gasteiger partial charge in [0.15, 0.2) is 10.8 Å². The van der Waals surface area contributed by atoms with Gasteiger partial charge in [0, 0.05) is 19.0 Å². The van der Waals surface area contributed by atoms with Crippen LogP contribution in [0.2, 0.25) is 0 Å². The van der Waals surface area contributed by atoms with Crippen molar-refractivity contribution in [2.45, 2.75) is 6.18 Å². The number of alkyl halides is 3. The SMILES string of the molecule is COCCN(CC(F)(F)F)c1nc(C(=O)O)cs1. The molecule has 0 radical (unpaired) electrons. The molecule has 18 heavy (non-hydrogen) atoms. The molecule has 0 bridgehead atoms. The molecule has 1 aromatic rings. The van der Waals surface area contributed by atoms with E-state index >= 15 is 0 Å². The largest absolute Gasteiger partial charge is 0.476 e. The predicted octanol–water partition coefficient (Wildman–Crippen LogP) is 1.86. The lowest BCUT2D eigenvalue weighted by molar-refractivity contribution is -0.119. The Morgan fingerprint density at radius 2 is 2.28 bits per heavy atom. The molecule has 0 aliphatic heterocycles. The van der Waals surface area contributed by atoms with E-state index < -0.39 is 18.7 Å². The molecule has 0 aliphatic rings. The highest BCUT2D eigenvalue weighted by Gasteiger charge is 2.32. The van der Waals surface area contributed by atoms with Gasteiger partial charge in [-0.25, -0.2) is 9.78 Å². The molecule has 1 heterocycles. The zero-order valence-electron chi connectivity index (χ0n) is 9.40. The molecule has 1 aromatic heterocycles. The normalized spacial score (nSPS) is 11.6. The standard InChI is InChI=1S/C9H11F3N2O3S/c1-17-3-2-14(5-9(10,11)12)8-13-6(4-18-8)7(15)16/h4H,2-3,5H2,1H3,(H,15,16). The van der Waals surface area contributed by atoms with Gasteiger partial charge in [0.25, 0.3) is 0 Å². The van der Waals surface area contributed by atoms with Gasteiger partial charge in [-0.05, 0) is 0 Å². The van der Waals surface area contributed by atoms with Gasteiger partial charge in [0.1, 0.15) is 6.54 Å². The smallest absolute Gasteiger partial charge is 0.406 e. The minimum Gasteiger partial charge on any atom is -0.476 e. The van der Waals surface area contributed by atoms with Crippen molar-refractivity contribution < 1.29 is 27.8 Å². The lowest BCUT2D eigenvalue weighted by Gasteiger charge is -2.22. The van der Waals surface area contributed by atoms with Crippen LogP contribution in [0.4, 0.5) is 18.3 Å². The molecule has 0 unspecified atom stereocenters. The number of carboxylic acid groups (broad SMARTS) is 1. The lowest BCUT2D eigenvalue weighted by atomic mass is 10.5. The molecule has 5 nitrogen and oxygen atoms in total. The van der Waals surface area contributed by atoms with Crippen LogP contribution in [-0.4, -0.2) is 49.0 Å². The van der Waals surface area contributed by atoms with Crippen LogP contribution in [0.15, 0.2) is 5.38 Å². The molecule has 0 saturated carbocycles. The van der Waals surface area contributed by atoms with Crippen LogP contribution in [0.1, 0.15) is 10.5 Å². The van der Waals surface area contributed by atoms with Crippen LogP contribution in [0.25, 0.3) is 0 Å². The van der Waals surface area contributed by atoms with Crippen molar-refractivity contribution in [2.24, 2.45) is 0 Å². The fourth-order valence-electron chi connectivity index (χ4n) is 1.17. The van der Waals surface area contributed by atoms with Crippen molar-refractivity contribution in [1.82, 2.24) is 4.98 Å². The van der Waals surface area contributed by atoms with Crippen molar-refractivity contribution in [3.05, 3.63) is 11.1 Å². The summed E-state index contributed by atoms with van der Waals surface area (Å²) in [5, 5.41) is 9.89. The zero-order valence-corrected chi connectivity index (χ0v) is 10.2. The molecule has 1 rings (SSSR count). The van der Waals surface area contributed by atoms with Gasteiger partial charge in [-0.3, -0.25) is 0 Å². The maximum atomic E-state index is 12.4. The Hall–Kier alpha value is -1.35. The molecule has 0 spiro atoms. The van der Waals surface area contributed by atoms with E-state index in [-0.39, 0.29) is 24.0 Å². The monoisotopic (exact) mass is 284 g/mol. The first-order chi connectivity index (χ1) is 8.33. The Morgan fingerprint density at radius 3 is 2.72 bits per heavy atom. The van der Waals surface area contributed by atoms with Crippen molar-refractivity contribution in [3.8, 4) is 0 Å². The topological polar surface area (TPSA) is 62.7 Å². The molecular formula is C9H11F3N2O3S. The fraction of sp³-hybridized carbons (Fsp3) is 0.556. The highest BCUT2D eigenvalue weighted by atomic mass is 32.1. The second-order valence-corrected chi connectivity index (χ2v) is 4.19. The number of carbonyl (C=O) groups is 1. The molecule has 0 atom stereocenters. The molecule has 0 aliphatic carbocycles. The maximum absolute atomic E-state index is 12.4. The number of halogens is 3. The van der Waals surface area contributed by atoms with Gasteiger partial charge in [-0.2, -0.15) is 13.2 Å². The van der Waals surface area contributed by atoms with E-state index in [2.05, 4.69) is 4.98 Å². The highest BCUT2D eigenvalue weighted by Crippen LogP contribution is 2.25. The summed E-state index contributed by atoms with van der Waals surface area (Å²) >= 11 is 0.856. The number of ether oxygens (including phenoxy) is 1. The Labute approximate surface area is 105 Å². The van der Waals surface area contributed by atoms with E-state index in [1.54, 1.807) is 0 Å². The van der Waals surface area contributed by atoms with Gasteiger partial charge in [0.05, 0.1) is 6.61 Å². The maximum Gasteiger partial charge on any atom is 0.406 e. The summed E-state index contributed by atoms with van der Waals surface area (Å²) in [6.45, 7) is -1.11. The van der Waals surface area contributed by atoms with Crippen LogP contribution in [-0.2, 0) is 4.74 Å². The predicted molar refractivity (Wildman–Crippen MR) is 59.2 cm³/mol. The van der Waals surface area contributed by atoms with Crippen LogP contribution >= 0.6 is 11.3 Å². The third kappa shape index (κ3) is 4.49. The average molecular weight is 284 g/mol. The van der Waals surface area contributed by atoms with Gasteiger partial charge < -0.3 is 14.7 Å². The Kier molecular flexibility index (Phi) is 4.91. The summed E-state index contributed by atoms with van der Waals surface area (Å²) in [5.41, 5.74) is -0.264. The fourth-order valence-corrected chi connectivity index (χ4v) is 1.99. The van der Waals surface area contributed by atoms with Crippen molar-refractivity contribution in [3.63, 3.8) is 0 Å². The molecule has 1 N–H and O–H groups in total. The lowest BCUT2D eigenvalue weighted by Crippen LogP contribution is -2.36. The van der Waals surface area contributed by atoms with Crippen molar-refractivity contribution >= 4 is 22.4 Å². The minimum atomic E-state index is -4.39. The molecule has 0 fully saturated rings. The van der Waals surface area contributed by atoms with Crippen LogP contribution in [0.3, 0.4) is 0 Å². The van der Waals surface area contributed by atoms with E-state index in [9.17, 15) is 18.0 Å². The third-order valence-corrected chi connectivity index (χ3v) is 2.82. The summed E-state index contributed by atoms with van der Waals surface area (Å²) in [4.78, 5) is 15.2. The number of aromatic carboxylic acids is 1. The first-order valence-electron chi connectivity index (χ1n) is 4.83. The minimum absolute atomic E-state index is 0.0113. The van der Waals surface area contributed by atoms with Crippen molar-refractivity contribution in [1.29, 1.82) is 0 Å². The molecule has 9 heteroatoms. The quantitative estimate of drug-likeness (QED) is 0.864. The summed E-state index contributed by atoms with van der Waals surface area (Å²) in [7, 11) is 1.37. The molecule has 102 valence electrons. The van der Waals surface area contributed by atoms with E-state index in [0.29, 0.717) is 0 Å². The number of thiazole rings is 1. The number of anilines is 1. The first-order valence-corrected chi connectivity index (χ1v) is 5.71. The second-order valence-electron chi connectivity index (χ2n) is 3.35. The number of nitrogens with zero attached hydrogens (tertiary/aromatic N) is 2. The third-order valence-electron chi connectivity index (χ3n) is 1.92. The zero-order chi connectivity index (χ0) is 13.8. The average Bonchev–Trinajstić information content (AvgIpc) is 2.71. The molecular weight excluding hydrogens is 273 g/mol. The number of hydrogen-bond acceptors (Lipinski definition) is 5. The number of hydrogen-bond donors (Lipinski definition) is 1. The van der Waals surface area contributed by atoms with Crippen LogP contribution in [0.5, 0.6) is 0 Å². The number of methoxy groups -OCH3 is 1. The Bertz CT molecular complexity index is 408. The molecule has 0 amide bonds. The number of rotatable bonds is 6. The van der Waals surface area contributed by atoms with Gasteiger partial charge in [-0.15, -0.1) is 11.3 Å². The highest BCUT2D eigenvalue weighted by molar-refractivity contribution is 7.13. The number of aromatic nitrogens is 1. The van der Waals surface area contributed by atoms with Gasteiger partial charge in [-0.1, -0.05) is 0 Å². The first kappa shape index (κ1) is 14.7. The summed E-state index contributed by atoms with van der Waals surface area (Å²) in [6, 6.07) is 0. The number of carboxylic acids is 1. The van der Waals surface area contributed by atoms with Crippen LogP contribution in [0, 0.1) is 0 Å². The van der Waals surface area contributed by atoms with E-state index in [1.807, 2.05) is 0 Å². The Balaban J connectivity index is 2.83.